The lowest BCUT2D eigenvalue weighted by Gasteiger charge is -2.26. The number of carbonyl (C=O) groups excluding carboxylic acids is 1. The van der Waals surface area contributed by atoms with Gasteiger partial charge in [-0.3, -0.25) is 9.52 Å². The molecule has 0 fully saturated rings. The number of sulfonamides is 1. The van der Waals surface area contributed by atoms with Crippen molar-refractivity contribution in [3.05, 3.63) is 75.2 Å². The van der Waals surface area contributed by atoms with Crippen molar-refractivity contribution >= 4 is 48.7 Å². The van der Waals surface area contributed by atoms with Gasteiger partial charge in [0.2, 0.25) is 19.9 Å². The molecule has 0 saturated heterocycles. The third-order valence-corrected chi connectivity index (χ3v) is 8.39. The maximum absolute atomic E-state index is 13.6. The SMILES string of the molecule is CCCCC1C(O)=C(C2=CS(=O)(=O)c3cc(NS(C)(=O)=O)ccc3N2)C(=O)N1Cc1ccc(F)c(Cl)c1. The van der Waals surface area contributed by atoms with Crippen LogP contribution in [0.25, 0.3) is 0 Å². The highest BCUT2D eigenvalue weighted by Gasteiger charge is 2.42. The minimum absolute atomic E-state index is 0.0257. The lowest BCUT2D eigenvalue weighted by Crippen LogP contribution is -2.35. The molecule has 3 N–H and O–H groups in total. The first-order valence-electron chi connectivity index (χ1n) is 11.3. The van der Waals surface area contributed by atoms with Gasteiger partial charge in [0.1, 0.15) is 17.1 Å². The molecule has 2 heterocycles. The van der Waals surface area contributed by atoms with Crippen LogP contribution >= 0.6 is 11.6 Å². The van der Waals surface area contributed by atoms with Crippen LogP contribution in [-0.2, 0) is 31.2 Å². The van der Waals surface area contributed by atoms with Crippen molar-refractivity contribution in [2.24, 2.45) is 0 Å². The number of rotatable bonds is 8. The molecule has 13 heteroatoms. The van der Waals surface area contributed by atoms with Gasteiger partial charge in [0, 0.05) is 12.2 Å². The van der Waals surface area contributed by atoms with Gasteiger partial charge < -0.3 is 15.3 Å². The Bertz CT molecular complexity index is 1550. The van der Waals surface area contributed by atoms with Crippen LogP contribution in [0.5, 0.6) is 0 Å². The van der Waals surface area contributed by atoms with Gasteiger partial charge in [-0.25, -0.2) is 21.2 Å². The molecule has 1 atom stereocenters. The summed E-state index contributed by atoms with van der Waals surface area (Å²) in [5.41, 5.74) is 0.455. The Balaban J connectivity index is 1.70. The number of unbranched alkanes of at least 4 members (excludes halogenated alkanes) is 1. The zero-order chi connectivity index (χ0) is 27.1. The van der Waals surface area contributed by atoms with Gasteiger partial charge in [-0.15, -0.1) is 0 Å². The van der Waals surface area contributed by atoms with Crippen molar-refractivity contribution in [2.45, 2.75) is 43.7 Å². The number of nitrogens with one attached hydrogen (secondary N) is 2. The number of anilines is 2. The highest BCUT2D eigenvalue weighted by Crippen LogP contribution is 2.39. The Morgan fingerprint density at radius 1 is 1.22 bits per heavy atom. The van der Waals surface area contributed by atoms with Crippen molar-refractivity contribution < 1.29 is 31.1 Å². The quantitative estimate of drug-likeness (QED) is 0.431. The molecule has 198 valence electrons. The number of benzene rings is 2. The number of aliphatic hydroxyl groups excluding tert-OH is 1. The maximum atomic E-state index is 13.6. The topological polar surface area (TPSA) is 133 Å². The second-order valence-corrected chi connectivity index (χ2v) is 12.8. The molecule has 2 aliphatic rings. The third kappa shape index (κ3) is 5.60. The van der Waals surface area contributed by atoms with Crippen LogP contribution in [0.1, 0.15) is 31.7 Å². The summed E-state index contributed by atoms with van der Waals surface area (Å²) in [6.07, 6.45) is 2.87. The summed E-state index contributed by atoms with van der Waals surface area (Å²) in [4.78, 5) is 14.8. The van der Waals surface area contributed by atoms with E-state index >= 15 is 0 Å². The largest absolute Gasteiger partial charge is 0.509 e. The maximum Gasteiger partial charge on any atom is 0.260 e. The van der Waals surface area contributed by atoms with E-state index < -0.39 is 37.6 Å². The molecule has 0 saturated carbocycles. The molecule has 2 aliphatic heterocycles. The van der Waals surface area contributed by atoms with E-state index in [0.29, 0.717) is 18.4 Å². The molecule has 0 bridgehead atoms. The Morgan fingerprint density at radius 3 is 2.59 bits per heavy atom. The van der Waals surface area contributed by atoms with E-state index in [1.165, 1.54) is 41.3 Å². The summed E-state index contributed by atoms with van der Waals surface area (Å²) in [7, 11) is -7.74. The van der Waals surface area contributed by atoms with Gasteiger partial charge in [0.15, 0.2) is 0 Å². The average molecular weight is 570 g/mol. The first-order valence-corrected chi connectivity index (χ1v) is 15.2. The van der Waals surface area contributed by atoms with Crippen LogP contribution in [0.3, 0.4) is 0 Å². The zero-order valence-electron chi connectivity index (χ0n) is 20.0. The Morgan fingerprint density at radius 2 is 1.95 bits per heavy atom. The third-order valence-electron chi connectivity index (χ3n) is 5.99. The molecule has 0 aromatic heterocycles. The number of hydrogen-bond donors (Lipinski definition) is 3. The number of fused-ring (bicyclic) bond motifs is 1. The molecule has 0 radical (unpaired) electrons. The second-order valence-electron chi connectivity index (χ2n) is 8.89. The predicted molar refractivity (Wildman–Crippen MR) is 139 cm³/mol. The van der Waals surface area contributed by atoms with Gasteiger partial charge in [0.05, 0.1) is 39.0 Å². The van der Waals surface area contributed by atoms with Gasteiger partial charge in [0.25, 0.3) is 5.91 Å². The Kier molecular flexibility index (Phi) is 7.28. The fourth-order valence-electron chi connectivity index (χ4n) is 4.32. The minimum Gasteiger partial charge on any atom is -0.509 e. The second kappa shape index (κ2) is 9.99. The van der Waals surface area contributed by atoms with Crippen LogP contribution < -0.4 is 10.0 Å². The number of carbonyl (C=O) groups is 1. The smallest absolute Gasteiger partial charge is 0.260 e. The lowest BCUT2D eigenvalue weighted by atomic mass is 10.1. The fraction of sp³-hybridized carbons (Fsp3) is 0.292. The first-order chi connectivity index (χ1) is 17.3. The van der Waals surface area contributed by atoms with E-state index in [1.807, 2.05) is 6.92 Å². The average Bonchev–Trinajstić information content (AvgIpc) is 3.02. The van der Waals surface area contributed by atoms with Crippen LogP contribution in [0, 0.1) is 5.82 Å². The van der Waals surface area contributed by atoms with Gasteiger partial charge >= 0.3 is 0 Å². The molecule has 37 heavy (non-hydrogen) atoms. The van der Waals surface area contributed by atoms with Crippen molar-refractivity contribution in [3.63, 3.8) is 0 Å². The van der Waals surface area contributed by atoms with Crippen molar-refractivity contribution in [3.8, 4) is 0 Å². The molecule has 1 unspecified atom stereocenters. The molecule has 1 amide bonds. The van der Waals surface area contributed by atoms with E-state index in [0.717, 1.165) is 18.1 Å². The Hall–Kier alpha value is -3.09. The van der Waals surface area contributed by atoms with Crippen molar-refractivity contribution in [1.29, 1.82) is 0 Å². The monoisotopic (exact) mass is 569 g/mol. The molecule has 9 nitrogen and oxygen atoms in total. The van der Waals surface area contributed by atoms with Crippen LogP contribution in [0.15, 0.2) is 63.7 Å². The van der Waals surface area contributed by atoms with Gasteiger partial charge in [-0.2, -0.15) is 0 Å². The molecule has 2 aromatic rings. The van der Waals surface area contributed by atoms with E-state index in [-0.39, 0.29) is 44.9 Å². The fourth-order valence-corrected chi connectivity index (χ4v) is 6.41. The van der Waals surface area contributed by atoms with Crippen molar-refractivity contribution in [2.75, 3.05) is 16.3 Å². The summed E-state index contributed by atoms with van der Waals surface area (Å²) >= 11 is 5.90. The molecule has 0 aliphatic carbocycles. The van der Waals surface area contributed by atoms with Gasteiger partial charge in [-0.1, -0.05) is 37.4 Å². The number of sulfone groups is 1. The Labute approximate surface area is 219 Å². The van der Waals surface area contributed by atoms with Crippen molar-refractivity contribution in [1.82, 2.24) is 4.90 Å². The van der Waals surface area contributed by atoms with Crippen LogP contribution in [0.4, 0.5) is 15.8 Å². The summed E-state index contributed by atoms with van der Waals surface area (Å²) < 4.78 is 65.1. The normalized spacial score (nSPS) is 18.9. The minimum atomic E-state index is -4.11. The number of hydrogen-bond acceptors (Lipinski definition) is 7. The number of amides is 1. The molecular weight excluding hydrogens is 545 g/mol. The number of aliphatic hydroxyl groups is 1. The standard InChI is InChI=1S/C24H25ClFN3O6S2/c1-3-4-5-20-23(30)22(24(31)29(20)12-14-6-8-17(26)16(25)10-14)19-13-37(34,35)21-11-15(28-36(2,32)33)7-9-18(21)27-19/h6-11,13,20,27-28,30H,3-5,12H2,1-2H3. The summed E-state index contributed by atoms with van der Waals surface area (Å²) in [6, 6.07) is 7.29. The van der Waals surface area contributed by atoms with Gasteiger partial charge in [-0.05, 0) is 42.3 Å². The lowest BCUT2D eigenvalue weighted by molar-refractivity contribution is -0.127. The molecule has 4 rings (SSSR count). The predicted octanol–water partition coefficient (Wildman–Crippen LogP) is 4.30. The highest BCUT2D eigenvalue weighted by atomic mass is 35.5. The van der Waals surface area contributed by atoms with E-state index in [4.69, 9.17) is 11.6 Å². The molecule has 0 spiro atoms. The highest BCUT2D eigenvalue weighted by molar-refractivity contribution is 7.94. The van der Waals surface area contributed by atoms with Crippen LogP contribution in [-0.4, -0.2) is 45.0 Å². The van der Waals surface area contributed by atoms with E-state index in [1.54, 1.807) is 0 Å². The number of nitrogens with zero attached hydrogens (tertiary/aromatic N) is 1. The summed E-state index contributed by atoms with van der Waals surface area (Å²) in [6.45, 7) is 1.99. The first kappa shape index (κ1) is 27.0. The van der Waals surface area contributed by atoms with Crippen LogP contribution in [0.2, 0.25) is 5.02 Å². The number of halogens is 2. The molecule has 2 aromatic carbocycles. The van der Waals surface area contributed by atoms with E-state index in [2.05, 4.69) is 10.0 Å². The summed E-state index contributed by atoms with van der Waals surface area (Å²) in [5.74, 6) is -1.45. The zero-order valence-corrected chi connectivity index (χ0v) is 22.3. The summed E-state index contributed by atoms with van der Waals surface area (Å²) in [5, 5.41) is 14.7. The van der Waals surface area contributed by atoms with E-state index in [9.17, 15) is 31.1 Å². The molecular formula is C24H25ClFN3O6S2.